The SMILES string of the molecule is COc1ccc(C(C)(CN)Cc2cccc(C)c2)cc1. The molecule has 0 spiro atoms. The summed E-state index contributed by atoms with van der Waals surface area (Å²) in [7, 11) is 1.68. The van der Waals surface area contributed by atoms with Gasteiger partial charge in [-0.25, -0.2) is 0 Å². The fourth-order valence-electron chi connectivity index (χ4n) is 2.56. The Morgan fingerprint density at radius 2 is 1.80 bits per heavy atom. The summed E-state index contributed by atoms with van der Waals surface area (Å²) in [4.78, 5) is 0. The molecule has 2 nitrogen and oxygen atoms in total. The lowest BCUT2D eigenvalue weighted by molar-refractivity contribution is 0.413. The normalized spacial score (nSPS) is 13.8. The zero-order valence-electron chi connectivity index (χ0n) is 12.5. The summed E-state index contributed by atoms with van der Waals surface area (Å²) in [6.07, 6.45) is 0.942. The minimum Gasteiger partial charge on any atom is -0.497 e. The summed E-state index contributed by atoms with van der Waals surface area (Å²) >= 11 is 0. The molecule has 0 aliphatic heterocycles. The molecule has 2 heteroatoms. The van der Waals surface area contributed by atoms with E-state index in [1.165, 1.54) is 16.7 Å². The van der Waals surface area contributed by atoms with E-state index in [4.69, 9.17) is 10.5 Å². The van der Waals surface area contributed by atoms with Gasteiger partial charge in [0.1, 0.15) is 5.75 Å². The second-order valence-electron chi connectivity index (χ2n) is 5.66. The zero-order valence-corrected chi connectivity index (χ0v) is 12.5. The smallest absolute Gasteiger partial charge is 0.118 e. The first-order valence-electron chi connectivity index (χ1n) is 6.97. The summed E-state index contributed by atoms with van der Waals surface area (Å²) in [5, 5.41) is 0. The van der Waals surface area contributed by atoms with Crippen molar-refractivity contribution in [3.63, 3.8) is 0 Å². The quantitative estimate of drug-likeness (QED) is 0.902. The molecule has 1 unspecified atom stereocenters. The van der Waals surface area contributed by atoms with E-state index >= 15 is 0 Å². The Balaban J connectivity index is 2.27. The van der Waals surface area contributed by atoms with Crippen molar-refractivity contribution in [1.29, 1.82) is 0 Å². The predicted molar refractivity (Wildman–Crippen MR) is 84.3 cm³/mol. The molecular formula is C18H23NO. The largest absolute Gasteiger partial charge is 0.497 e. The van der Waals surface area contributed by atoms with Crippen LogP contribution in [0.25, 0.3) is 0 Å². The van der Waals surface area contributed by atoms with Crippen molar-refractivity contribution in [2.45, 2.75) is 25.7 Å². The number of methoxy groups -OCH3 is 1. The minimum absolute atomic E-state index is 0.0555. The highest BCUT2D eigenvalue weighted by Crippen LogP contribution is 2.29. The van der Waals surface area contributed by atoms with Crippen LogP contribution in [0, 0.1) is 6.92 Å². The van der Waals surface area contributed by atoms with Crippen LogP contribution in [0.1, 0.15) is 23.6 Å². The molecule has 0 saturated carbocycles. The fraction of sp³-hybridized carbons (Fsp3) is 0.333. The lowest BCUT2D eigenvalue weighted by Gasteiger charge is -2.29. The highest BCUT2D eigenvalue weighted by molar-refractivity contribution is 5.35. The third-order valence-corrected chi connectivity index (χ3v) is 3.91. The molecule has 2 N–H and O–H groups in total. The van der Waals surface area contributed by atoms with Gasteiger partial charge in [-0.2, -0.15) is 0 Å². The Labute approximate surface area is 121 Å². The third kappa shape index (κ3) is 3.20. The first-order chi connectivity index (χ1) is 9.57. The molecule has 0 aliphatic carbocycles. The number of aryl methyl sites for hydroxylation is 1. The van der Waals surface area contributed by atoms with Crippen molar-refractivity contribution in [1.82, 2.24) is 0 Å². The first-order valence-corrected chi connectivity index (χ1v) is 6.97. The number of nitrogens with two attached hydrogens (primary N) is 1. The number of hydrogen-bond acceptors (Lipinski definition) is 2. The van der Waals surface area contributed by atoms with Gasteiger partial charge in [-0.05, 0) is 36.6 Å². The molecule has 2 aromatic carbocycles. The number of benzene rings is 2. The maximum Gasteiger partial charge on any atom is 0.118 e. The molecule has 106 valence electrons. The van der Waals surface area contributed by atoms with E-state index in [2.05, 4.69) is 50.2 Å². The molecule has 0 amide bonds. The molecule has 0 bridgehead atoms. The van der Waals surface area contributed by atoms with E-state index in [-0.39, 0.29) is 5.41 Å². The lowest BCUT2D eigenvalue weighted by atomic mass is 9.77. The summed E-state index contributed by atoms with van der Waals surface area (Å²) in [5.41, 5.74) is 9.88. The Morgan fingerprint density at radius 1 is 1.10 bits per heavy atom. The van der Waals surface area contributed by atoms with Crippen molar-refractivity contribution in [3.8, 4) is 5.75 Å². The third-order valence-electron chi connectivity index (χ3n) is 3.91. The Morgan fingerprint density at radius 3 is 2.35 bits per heavy atom. The van der Waals surface area contributed by atoms with E-state index in [0.717, 1.165) is 12.2 Å². The standard InChI is InChI=1S/C18H23NO/c1-14-5-4-6-15(11-14)12-18(2,13-19)16-7-9-17(20-3)10-8-16/h4-11H,12-13,19H2,1-3H3. The van der Waals surface area contributed by atoms with E-state index in [9.17, 15) is 0 Å². The summed E-state index contributed by atoms with van der Waals surface area (Å²) < 4.78 is 5.22. The van der Waals surface area contributed by atoms with E-state index in [0.29, 0.717) is 6.54 Å². The van der Waals surface area contributed by atoms with Crippen molar-refractivity contribution in [2.75, 3.05) is 13.7 Å². The molecule has 1 atom stereocenters. The molecule has 20 heavy (non-hydrogen) atoms. The molecule has 0 aromatic heterocycles. The van der Waals surface area contributed by atoms with E-state index in [1.807, 2.05) is 12.1 Å². The second-order valence-corrected chi connectivity index (χ2v) is 5.66. The topological polar surface area (TPSA) is 35.2 Å². The Kier molecular flexibility index (Phi) is 4.46. The van der Waals surface area contributed by atoms with Crippen LogP contribution >= 0.6 is 0 Å². The van der Waals surface area contributed by atoms with Crippen LogP contribution in [-0.2, 0) is 11.8 Å². The average molecular weight is 269 g/mol. The highest BCUT2D eigenvalue weighted by Gasteiger charge is 2.25. The van der Waals surface area contributed by atoms with Crippen LogP contribution in [0.4, 0.5) is 0 Å². The molecule has 0 fully saturated rings. The maximum absolute atomic E-state index is 6.06. The summed E-state index contributed by atoms with van der Waals surface area (Å²) in [6, 6.07) is 16.9. The van der Waals surface area contributed by atoms with Crippen molar-refractivity contribution >= 4 is 0 Å². The van der Waals surface area contributed by atoms with Crippen molar-refractivity contribution < 1.29 is 4.74 Å². The van der Waals surface area contributed by atoms with Crippen LogP contribution in [0.15, 0.2) is 48.5 Å². The Bertz CT molecular complexity index is 562. The van der Waals surface area contributed by atoms with Crippen LogP contribution in [-0.4, -0.2) is 13.7 Å². The average Bonchev–Trinajstić information content (AvgIpc) is 2.47. The molecule has 2 rings (SSSR count). The van der Waals surface area contributed by atoms with Gasteiger partial charge in [-0.1, -0.05) is 48.9 Å². The van der Waals surface area contributed by atoms with Crippen LogP contribution in [0.5, 0.6) is 5.75 Å². The maximum atomic E-state index is 6.06. The predicted octanol–water partition coefficient (Wildman–Crippen LogP) is 3.46. The van der Waals surface area contributed by atoms with Crippen LogP contribution in [0.3, 0.4) is 0 Å². The number of rotatable bonds is 5. The van der Waals surface area contributed by atoms with Gasteiger partial charge in [0.25, 0.3) is 0 Å². The Hall–Kier alpha value is -1.80. The molecule has 0 saturated heterocycles. The monoisotopic (exact) mass is 269 g/mol. The summed E-state index contributed by atoms with van der Waals surface area (Å²) in [5.74, 6) is 0.878. The highest BCUT2D eigenvalue weighted by atomic mass is 16.5. The van der Waals surface area contributed by atoms with E-state index < -0.39 is 0 Å². The van der Waals surface area contributed by atoms with Crippen molar-refractivity contribution in [2.24, 2.45) is 5.73 Å². The fourth-order valence-corrected chi connectivity index (χ4v) is 2.56. The molecule has 0 aliphatic rings. The van der Waals surface area contributed by atoms with Gasteiger partial charge in [0.05, 0.1) is 7.11 Å². The zero-order chi connectivity index (χ0) is 14.6. The van der Waals surface area contributed by atoms with Gasteiger partial charge in [0.15, 0.2) is 0 Å². The van der Waals surface area contributed by atoms with E-state index in [1.54, 1.807) is 7.11 Å². The summed E-state index contributed by atoms with van der Waals surface area (Å²) in [6.45, 7) is 4.96. The molecule has 0 radical (unpaired) electrons. The minimum atomic E-state index is -0.0555. The second kappa shape index (κ2) is 6.10. The molecular weight excluding hydrogens is 246 g/mol. The molecule has 2 aromatic rings. The first kappa shape index (κ1) is 14.6. The van der Waals surface area contributed by atoms with Gasteiger partial charge in [0.2, 0.25) is 0 Å². The van der Waals surface area contributed by atoms with Gasteiger partial charge in [-0.3, -0.25) is 0 Å². The number of hydrogen-bond donors (Lipinski definition) is 1. The van der Waals surface area contributed by atoms with Gasteiger partial charge in [-0.15, -0.1) is 0 Å². The van der Waals surface area contributed by atoms with Crippen LogP contribution < -0.4 is 10.5 Å². The van der Waals surface area contributed by atoms with Crippen LogP contribution in [0.2, 0.25) is 0 Å². The van der Waals surface area contributed by atoms with Gasteiger partial charge in [0, 0.05) is 12.0 Å². The van der Waals surface area contributed by atoms with Crippen molar-refractivity contribution in [3.05, 3.63) is 65.2 Å². The lowest BCUT2D eigenvalue weighted by Crippen LogP contribution is -2.34. The van der Waals surface area contributed by atoms with Gasteiger partial charge >= 0.3 is 0 Å². The molecule has 0 heterocycles. The number of ether oxygens (including phenoxy) is 1. The van der Waals surface area contributed by atoms with Gasteiger partial charge < -0.3 is 10.5 Å².